The average molecular weight is 323 g/mol. The number of fused-ring (bicyclic) bond motifs is 1. The van der Waals surface area contributed by atoms with Crippen LogP contribution in [-0.2, 0) is 0 Å². The Morgan fingerprint density at radius 1 is 1.29 bits per heavy atom. The lowest BCUT2D eigenvalue weighted by Gasteiger charge is -2.08. The molecule has 0 unspecified atom stereocenters. The topological polar surface area (TPSA) is 80.9 Å². The lowest BCUT2D eigenvalue weighted by molar-refractivity contribution is 0.102. The highest BCUT2D eigenvalue weighted by atomic mass is 35.5. The van der Waals surface area contributed by atoms with Crippen LogP contribution >= 0.6 is 23.3 Å². The molecule has 0 aliphatic carbocycles. The fourth-order valence-electron chi connectivity index (χ4n) is 1.82. The quantitative estimate of drug-likeness (QED) is 0.709. The van der Waals surface area contributed by atoms with Gasteiger partial charge in [-0.2, -0.15) is 8.75 Å². The van der Waals surface area contributed by atoms with Crippen molar-refractivity contribution in [1.29, 1.82) is 0 Å². The van der Waals surface area contributed by atoms with Crippen LogP contribution in [0.1, 0.15) is 10.4 Å². The Balaban J connectivity index is 1.98. The molecule has 0 bridgehead atoms. The summed E-state index contributed by atoms with van der Waals surface area (Å²) in [4.78, 5) is 12.2. The van der Waals surface area contributed by atoms with Gasteiger partial charge in [-0.25, -0.2) is 4.39 Å². The van der Waals surface area contributed by atoms with E-state index in [2.05, 4.69) is 14.1 Å². The summed E-state index contributed by atoms with van der Waals surface area (Å²) in [6, 6.07) is 7.08. The monoisotopic (exact) mass is 322 g/mol. The van der Waals surface area contributed by atoms with Gasteiger partial charge in [0.2, 0.25) is 0 Å². The molecule has 106 valence electrons. The van der Waals surface area contributed by atoms with Gasteiger partial charge in [0.15, 0.2) is 0 Å². The van der Waals surface area contributed by atoms with Gasteiger partial charge < -0.3 is 11.1 Å². The zero-order valence-electron chi connectivity index (χ0n) is 10.4. The molecular weight excluding hydrogens is 315 g/mol. The second-order valence-electron chi connectivity index (χ2n) is 4.24. The summed E-state index contributed by atoms with van der Waals surface area (Å²) in [6.45, 7) is 0. The Kier molecular flexibility index (Phi) is 3.44. The third kappa shape index (κ3) is 2.53. The summed E-state index contributed by atoms with van der Waals surface area (Å²) in [7, 11) is 0. The number of anilines is 2. The minimum absolute atomic E-state index is 0.0951. The molecule has 0 atom stereocenters. The Hall–Kier alpha value is -2.25. The Bertz CT molecular complexity index is 851. The molecule has 1 aromatic heterocycles. The molecule has 0 saturated carbocycles. The fraction of sp³-hybridized carbons (Fsp3) is 0. The highest BCUT2D eigenvalue weighted by molar-refractivity contribution is 7.00. The number of amides is 1. The SMILES string of the molecule is Nc1cc(C(=O)Nc2c(Cl)ccc3nsnc23)ccc1F. The van der Waals surface area contributed by atoms with Gasteiger partial charge in [-0.3, -0.25) is 4.79 Å². The second-order valence-corrected chi connectivity index (χ2v) is 5.18. The molecule has 5 nitrogen and oxygen atoms in total. The first kappa shape index (κ1) is 13.7. The molecule has 3 aromatic rings. The Morgan fingerprint density at radius 2 is 2.10 bits per heavy atom. The predicted molar refractivity (Wildman–Crippen MR) is 81.2 cm³/mol. The smallest absolute Gasteiger partial charge is 0.255 e. The predicted octanol–water partition coefficient (Wildman–Crippen LogP) is 3.32. The van der Waals surface area contributed by atoms with Gasteiger partial charge in [0, 0.05) is 5.56 Å². The number of hydrogen-bond acceptors (Lipinski definition) is 5. The maximum absolute atomic E-state index is 13.1. The summed E-state index contributed by atoms with van der Waals surface area (Å²) in [5.41, 5.74) is 7.10. The van der Waals surface area contributed by atoms with E-state index in [1.54, 1.807) is 12.1 Å². The number of nitrogens with zero attached hydrogens (tertiary/aromatic N) is 2. The van der Waals surface area contributed by atoms with Crippen molar-refractivity contribution in [3.8, 4) is 0 Å². The normalized spacial score (nSPS) is 10.8. The van der Waals surface area contributed by atoms with Gasteiger partial charge in [0.25, 0.3) is 5.91 Å². The molecule has 3 N–H and O–H groups in total. The lowest BCUT2D eigenvalue weighted by Crippen LogP contribution is -2.13. The zero-order valence-corrected chi connectivity index (χ0v) is 12.0. The zero-order chi connectivity index (χ0) is 15.0. The molecule has 0 spiro atoms. The second kappa shape index (κ2) is 5.27. The van der Waals surface area contributed by atoms with E-state index >= 15 is 0 Å². The molecule has 21 heavy (non-hydrogen) atoms. The maximum Gasteiger partial charge on any atom is 0.255 e. The first-order valence-electron chi connectivity index (χ1n) is 5.83. The molecule has 0 fully saturated rings. The first-order chi connectivity index (χ1) is 10.1. The van der Waals surface area contributed by atoms with E-state index < -0.39 is 11.7 Å². The minimum atomic E-state index is -0.574. The molecule has 0 radical (unpaired) electrons. The van der Waals surface area contributed by atoms with Crippen molar-refractivity contribution in [2.75, 3.05) is 11.1 Å². The van der Waals surface area contributed by atoms with E-state index in [4.69, 9.17) is 17.3 Å². The van der Waals surface area contributed by atoms with Gasteiger partial charge in [-0.15, -0.1) is 0 Å². The van der Waals surface area contributed by atoms with Crippen molar-refractivity contribution in [3.63, 3.8) is 0 Å². The summed E-state index contributed by atoms with van der Waals surface area (Å²) >= 11 is 7.11. The van der Waals surface area contributed by atoms with Crippen LogP contribution in [0.25, 0.3) is 11.0 Å². The van der Waals surface area contributed by atoms with Crippen LogP contribution in [-0.4, -0.2) is 14.7 Å². The van der Waals surface area contributed by atoms with Gasteiger partial charge in [0.1, 0.15) is 16.9 Å². The molecule has 1 heterocycles. The largest absolute Gasteiger partial charge is 0.396 e. The summed E-state index contributed by atoms with van der Waals surface area (Å²) in [5.74, 6) is -1.03. The van der Waals surface area contributed by atoms with Crippen molar-refractivity contribution in [2.24, 2.45) is 0 Å². The van der Waals surface area contributed by atoms with E-state index in [9.17, 15) is 9.18 Å². The molecular formula is C13H8ClFN4OS. The number of nitrogen functional groups attached to an aromatic ring is 1. The van der Waals surface area contributed by atoms with Crippen molar-refractivity contribution >= 4 is 51.6 Å². The van der Waals surface area contributed by atoms with E-state index in [0.717, 1.165) is 17.8 Å². The van der Waals surface area contributed by atoms with Gasteiger partial charge in [-0.1, -0.05) is 11.6 Å². The van der Waals surface area contributed by atoms with Crippen LogP contribution in [0.2, 0.25) is 5.02 Å². The van der Waals surface area contributed by atoms with Gasteiger partial charge >= 0.3 is 0 Å². The number of rotatable bonds is 2. The summed E-state index contributed by atoms with van der Waals surface area (Å²) in [5, 5.41) is 3.00. The molecule has 3 rings (SSSR count). The summed E-state index contributed by atoms with van der Waals surface area (Å²) < 4.78 is 21.3. The maximum atomic E-state index is 13.1. The fourth-order valence-corrected chi connectivity index (χ4v) is 2.56. The number of benzene rings is 2. The Labute approximate surface area is 127 Å². The highest BCUT2D eigenvalue weighted by Crippen LogP contribution is 2.30. The van der Waals surface area contributed by atoms with Gasteiger partial charge in [0.05, 0.1) is 28.1 Å². The standard InChI is InChI=1S/C13H8ClFN4OS/c14-7-2-4-10-12(19-21-18-10)11(7)17-13(20)6-1-3-8(15)9(16)5-6/h1-5H,16H2,(H,17,20). The van der Waals surface area contributed by atoms with Crippen molar-refractivity contribution in [1.82, 2.24) is 8.75 Å². The number of halogens is 2. The van der Waals surface area contributed by atoms with E-state index in [1.165, 1.54) is 12.1 Å². The molecule has 8 heteroatoms. The number of carbonyl (C=O) groups is 1. The van der Waals surface area contributed by atoms with Crippen LogP contribution in [0.3, 0.4) is 0 Å². The average Bonchev–Trinajstić information content (AvgIpc) is 2.93. The number of carbonyl (C=O) groups excluding carboxylic acids is 1. The third-order valence-corrected chi connectivity index (χ3v) is 3.73. The summed E-state index contributed by atoms with van der Waals surface area (Å²) in [6.07, 6.45) is 0. The van der Waals surface area contributed by atoms with E-state index in [0.29, 0.717) is 21.7 Å². The number of nitrogens with one attached hydrogen (secondary N) is 1. The molecule has 2 aromatic carbocycles. The van der Waals surface area contributed by atoms with E-state index in [-0.39, 0.29) is 11.3 Å². The Morgan fingerprint density at radius 3 is 2.86 bits per heavy atom. The van der Waals surface area contributed by atoms with Gasteiger partial charge in [-0.05, 0) is 30.3 Å². The van der Waals surface area contributed by atoms with Crippen molar-refractivity contribution < 1.29 is 9.18 Å². The van der Waals surface area contributed by atoms with Crippen LogP contribution < -0.4 is 11.1 Å². The van der Waals surface area contributed by atoms with Crippen LogP contribution in [0.15, 0.2) is 30.3 Å². The lowest BCUT2D eigenvalue weighted by atomic mass is 10.1. The van der Waals surface area contributed by atoms with Crippen molar-refractivity contribution in [2.45, 2.75) is 0 Å². The number of nitrogens with two attached hydrogens (primary N) is 1. The van der Waals surface area contributed by atoms with Crippen molar-refractivity contribution in [3.05, 3.63) is 46.7 Å². The highest BCUT2D eigenvalue weighted by Gasteiger charge is 2.15. The third-order valence-electron chi connectivity index (χ3n) is 2.87. The number of aromatic nitrogens is 2. The molecule has 0 saturated heterocycles. The van der Waals surface area contributed by atoms with E-state index in [1.807, 2.05) is 0 Å². The number of hydrogen-bond donors (Lipinski definition) is 2. The molecule has 1 amide bonds. The molecule has 0 aliphatic rings. The minimum Gasteiger partial charge on any atom is -0.396 e. The van der Waals surface area contributed by atoms with Crippen LogP contribution in [0.5, 0.6) is 0 Å². The van der Waals surface area contributed by atoms with Crippen LogP contribution in [0.4, 0.5) is 15.8 Å². The molecule has 0 aliphatic heterocycles. The first-order valence-corrected chi connectivity index (χ1v) is 6.94. The van der Waals surface area contributed by atoms with Crippen LogP contribution in [0, 0.1) is 5.82 Å².